The third-order valence-corrected chi connectivity index (χ3v) is 3.04. The van der Waals surface area contributed by atoms with Gasteiger partial charge in [0.1, 0.15) is 0 Å². The van der Waals surface area contributed by atoms with Crippen LogP contribution in [0.4, 0.5) is 5.88 Å². The Labute approximate surface area is 110 Å². The molecule has 1 aromatic heterocycles. The number of hydrogen-bond acceptors (Lipinski definition) is 3. The summed E-state index contributed by atoms with van der Waals surface area (Å²) in [6, 6.07) is 7.14. The molecule has 1 heterocycles. The van der Waals surface area contributed by atoms with Gasteiger partial charge in [-0.05, 0) is 31.5 Å². The van der Waals surface area contributed by atoms with E-state index in [-0.39, 0.29) is 5.91 Å². The number of nitrogens with zero attached hydrogens (tertiary/aromatic N) is 1. The molecule has 0 saturated carbocycles. The van der Waals surface area contributed by atoms with Gasteiger partial charge in [-0.3, -0.25) is 10.1 Å². The fourth-order valence-electron chi connectivity index (χ4n) is 1.50. The predicted molar refractivity (Wildman–Crippen MR) is 69.9 cm³/mol. The average molecular weight is 265 g/mol. The minimum absolute atomic E-state index is 0.235. The van der Waals surface area contributed by atoms with Crippen LogP contribution < -0.4 is 5.32 Å². The smallest absolute Gasteiger partial charge is 0.258 e. The predicted octanol–water partition coefficient (Wildman–Crippen LogP) is 3.28. The van der Waals surface area contributed by atoms with Crippen LogP contribution in [0.15, 0.2) is 28.8 Å². The maximum atomic E-state index is 12.0. The number of anilines is 1. The fourth-order valence-corrected chi connectivity index (χ4v) is 1.67. The number of hydrogen-bond donors (Lipinski definition) is 1. The molecule has 5 heteroatoms. The molecule has 1 aromatic carbocycles. The van der Waals surface area contributed by atoms with Crippen molar-refractivity contribution in [2.75, 3.05) is 5.32 Å². The van der Waals surface area contributed by atoms with Gasteiger partial charge in [0.2, 0.25) is 5.88 Å². The van der Waals surface area contributed by atoms with Gasteiger partial charge < -0.3 is 4.52 Å². The molecule has 94 valence electrons. The zero-order chi connectivity index (χ0) is 13.1. The van der Waals surface area contributed by atoms with E-state index in [0.717, 1.165) is 16.8 Å². The van der Waals surface area contributed by atoms with E-state index >= 15 is 0 Å². The highest BCUT2D eigenvalue weighted by Crippen LogP contribution is 2.18. The molecule has 0 bridgehead atoms. The molecule has 18 heavy (non-hydrogen) atoms. The maximum absolute atomic E-state index is 12.0. The number of aryl methyl sites for hydroxylation is 1. The summed E-state index contributed by atoms with van der Waals surface area (Å²) >= 11 is 5.73. The number of benzene rings is 1. The Morgan fingerprint density at radius 1 is 1.44 bits per heavy atom. The van der Waals surface area contributed by atoms with Crippen molar-refractivity contribution in [2.24, 2.45) is 0 Å². The molecule has 0 aliphatic heterocycles. The molecular weight excluding hydrogens is 252 g/mol. The third kappa shape index (κ3) is 2.54. The van der Waals surface area contributed by atoms with Gasteiger partial charge in [-0.2, -0.15) is 0 Å². The van der Waals surface area contributed by atoms with Crippen LogP contribution in [0.2, 0.25) is 0 Å². The van der Waals surface area contributed by atoms with E-state index in [1.807, 2.05) is 19.9 Å². The Morgan fingerprint density at radius 3 is 2.83 bits per heavy atom. The van der Waals surface area contributed by atoms with Crippen LogP contribution >= 0.6 is 11.6 Å². The van der Waals surface area contributed by atoms with Gasteiger partial charge >= 0.3 is 0 Å². The Bertz CT molecular complexity index is 578. The topological polar surface area (TPSA) is 55.1 Å². The van der Waals surface area contributed by atoms with Crippen molar-refractivity contribution >= 4 is 23.4 Å². The monoisotopic (exact) mass is 264 g/mol. The molecule has 0 radical (unpaired) electrons. The number of carbonyl (C=O) groups is 1. The van der Waals surface area contributed by atoms with Gasteiger partial charge in [-0.1, -0.05) is 17.3 Å². The fraction of sp³-hybridized carbons (Fsp3) is 0.231. The third-order valence-electron chi connectivity index (χ3n) is 2.73. The second-order valence-electron chi connectivity index (χ2n) is 4.01. The highest BCUT2D eigenvalue weighted by atomic mass is 35.5. The van der Waals surface area contributed by atoms with Crippen molar-refractivity contribution in [3.05, 3.63) is 46.6 Å². The summed E-state index contributed by atoms with van der Waals surface area (Å²) in [5.74, 6) is 0.525. The molecule has 0 unspecified atom stereocenters. The summed E-state index contributed by atoms with van der Waals surface area (Å²) in [4.78, 5) is 12.0. The maximum Gasteiger partial charge on any atom is 0.258 e. The second kappa shape index (κ2) is 5.23. The molecule has 4 nitrogen and oxygen atoms in total. The summed E-state index contributed by atoms with van der Waals surface area (Å²) in [5.41, 5.74) is 3.04. The van der Waals surface area contributed by atoms with Crippen molar-refractivity contribution in [3.8, 4) is 0 Å². The van der Waals surface area contributed by atoms with Crippen LogP contribution in [-0.4, -0.2) is 11.1 Å². The number of nitrogens with one attached hydrogen (secondary N) is 1. The first-order valence-corrected chi connectivity index (χ1v) is 6.04. The van der Waals surface area contributed by atoms with E-state index in [2.05, 4.69) is 10.5 Å². The molecule has 1 N–H and O–H groups in total. The Kier molecular flexibility index (Phi) is 3.67. The van der Waals surface area contributed by atoms with Gasteiger partial charge in [0.15, 0.2) is 0 Å². The van der Waals surface area contributed by atoms with Crippen molar-refractivity contribution in [2.45, 2.75) is 19.7 Å². The van der Waals surface area contributed by atoms with Crippen LogP contribution in [0, 0.1) is 13.8 Å². The van der Waals surface area contributed by atoms with Crippen LogP contribution in [-0.2, 0) is 5.88 Å². The number of amides is 1. The molecule has 0 saturated heterocycles. The molecule has 0 spiro atoms. The van der Waals surface area contributed by atoms with E-state index < -0.39 is 0 Å². The number of carbonyl (C=O) groups excluding carboxylic acids is 1. The first-order valence-electron chi connectivity index (χ1n) is 5.51. The summed E-state index contributed by atoms with van der Waals surface area (Å²) < 4.78 is 5.04. The van der Waals surface area contributed by atoms with E-state index in [1.54, 1.807) is 18.2 Å². The molecule has 0 atom stereocenters. The standard InChI is InChI=1S/C13H13ClN2O2/c1-8-9(2)16-18-13(8)15-12(17)11-5-3-4-10(6-11)7-14/h3-6H,7H2,1-2H3,(H,15,17). The zero-order valence-corrected chi connectivity index (χ0v) is 10.9. The lowest BCUT2D eigenvalue weighted by molar-refractivity contribution is 0.102. The highest BCUT2D eigenvalue weighted by molar-refractivity contribution is 6.17. The van der Waals surface area contributed by atoms with Crippen LogP contribution in [0.3, 0.4) is 0 Å². The van der Waals surface area contributed by atoms with E-state index in [0.29, 0.717) is 17.3 Å². The minimum Gasteiger partial charge on any atom is -0.338 e. The lowest BCUT2D eigenvalue weighted by Gasteiger charge is -2.03. The molecular formula is C13H13ClN2O2. The number of alkyl halides is 1. The van der Waals surface area contributed by atoms with Crippen LogP contribution in [0.5, 0.6) is 0 Å². The number of rotatable bonds is 3. The number of aromatic nitrogens is 1. The quantitative estimate of drug-likeness (QED) is 0.866. The Hall–Kier alpha value is -1.81. The van der Waals surface area contributed by atoms with E-state index in [1.165, 1.54) is 0 Å². The van der Waals surface area contributed by atoms with Crippen molar-refractivity contribution in [1.29, 1.82) is 0 Å². The molecule has 0 aliphatic carbocycles. The zero-order valence-electron chi connectivity index (χ0n) is 10.2. The summed E-state index contributed by atoms with van der Waals surface area (Å²) in [5, 5.41) is 6.47. The Morgan fingerprint density at radius 2 is 2.22 bits per heavy atom. The van der Waals surface area contributed by atoms with Gasteiger partial charge in [0, 0.05) is 17.0 Å². The number of halogens is 1. The van der Waals surface area contributed by atoms with E-state index in [9.17, 15) is 4.79 Å². The summed E-state index contributed by atoms with van der Waals surface area (Å²) in [7, 11) is 0. The van der Waals surface area contributed by atoms with Crippen molar-refractivity contribution < 1.29 is 9.32 Å². The van der Waals surface area contributed by atoms with E-state index in [4.69, 9.17) is 16.1 Å². The lowest BCUT2D eigenvalue weighted by Crippen LogP contribution is -2.12. The summed E-state index contributed by atoms with van der Waals surface area (Å²) in [6.45, 7) is 3.67. The van der Waals surface area contributed by atoms with Crippen molar-refractivity contribution in [1.82, 2.24) is 5.16 Å². The first-order chi connectivity index (χ1) is 8.61. The first kappa shape index (κ1) is 12.6. The largest absolute Gasteiger partial charge is 0.338 e. The van der Waals surface area contributed by atoms with Crippen LogP contribution in [0.1, 0.15) is 27.2 Å². The van der Waals surface area contributed by atoms with Gasteiger partial charge in [0.25, 0.3) is 5.91 Å². The van der Waals surface area contributed by atoms with Gasteiger partial charge in [-0.15, -0.1) is 11.6 Å². The van der Waals surface area contributed by atoms with Gasteiger partial charge in [0.05, 0.1) is 5.69 Å². The molecule has 1 amide bonds. The van der Waals surface area contributed by atoms with Gasteiger partial charge in [-0.25, -0.2) is 0 Å². The highest BCUT2D eigenvalue weighted by Gasteiger charge is 2.13. The average Bonchev–Trinajstić information content (AvgIpc) is 2.71. The SMILES string of the molecule is Cc1noc(NC(=O)c2cccc(CCl)c2)c1C. The summed E-state index contributed by atoms with van der Waals surface area (Å²) in [6.07, 6.45) is 0. The van der Waals surface area contributed by atoms with Crippen molar-refractivity contribution in [3.63, 3.8) is 0 Å². The lowest BCUT2D eigenvalue weighted by atomic mass is 10.1. The Balaban J connectivity index is 2.19. The molecule has 0 fully saturated rings. The van der Waals surface area contributed by atoms with Crippen LogP contribution in [0.25, 0.3) is 0 Å². The molecule has 2 rings (SSSR count). The normalized spacial score (nSPS) is 10.4. The second-order valence-corrected chi connectivity index (χ2v) is 4.28. The molecule has 2 aromatic rings. The minimum atomic E-state index is -0.235. The molecule has 0 aliphatic rings.